The molecule has 0 atom stereocenters. The molecule has 344 valence electrons. The van der Waals surface area contributed by atoms with Gasteiger partial charge in [-0.1, -0.05) is 0 Å². The third kappa shape index (κ3) is 9.75. The minimum atomic E-state index is -3.29. The molecule has 0 saturated heterocycles. The number of hydrogen-bond donors (Lipinski definition) is 0. The van der Waals surface area contributed by atoms with Crippen molar-refractivity contribution in [1.29, 1.82) is 0 Å². The molecule has 62 heavy (non-hydrogen) atoms. The van der Waals surface area contributed by atoms with E-state index < -0.39 is 56.5 Å². The summed E-state index contributed by atoms with van der Waals surface area (Å²) >= 11 is 2.84. The molecule has 0 aromatic heterocycles. The van der Waals surface area contributed by atoms with E-state index in [1.165, 1.54) is 0 Å². The van der Waals surface area contributed by atoms with Crippen LogP contribution in [0.1, 0.15) is 61.1 Å². The fourth-order valence-electron chi connectivity index (χ4n) is 12.3. The zero-order valence-electron chi connectivity index (χ0n) is 44.9. The summed E-state index contributed by atoms with van der Waals surface area (Å²) in [7, 11) is -14.7. The molecule has 0 N–H and O–H groups in total. The first-order valence-corrected chi connectivity index (χ1v) is 46.5. The molecule has 0 heterocycles. The van der Waals surface area contributed by atoms with E-state index in [4.69, 9.17) is 0 Å². The molecule has 0 aliphatic heterocycles. The summed E-state index contributed by atoms with van der Waals surface area (Å²) in [5, 5.41) is 16.0. The van der Waals surface area contributed by atoms with Crippen LogP contribution in [0, 0.1) is 41.5 Å². The van der Waals surface area contributed by atoms with Crippen LogP contribution in [0.25, 0.3) is 0 Å². The van der Waals surface area contributed by atoms with Gasteiger partial charge in [-0.2, -0.15) is 0 Å². The Labute approximate surface area is 421 Å². The fraction of sp³-hybridized carbons (Fsp3) is 0.569. The van der Waals surface area contributed by atoms with E-state index >= 15 is 0 Å². The molecule has 0 bridgehead atoms. The number of aryl methyl sites for hydroxylation is 3. The first-order chi connectivity index (χ1) is 26.1. The van der Waals surface area contributed by atoms with Gasteiger partial charge in [-0.15, -0.1) is 0 Å². The van der Waals surface area contributed by atoms with Crippen LogP contribution in [-0.2, 0) is 20.4 Å². The Morgan fingerprint density at radius 3 is 0.677 bits per heavy atom. The molecule has 4 rings (SSSR count). The van der Waals surface area contributed by atoms with Gasteiger partial charge in [0.15, 0.2) is 0 Å². The van der Waals surface area contributed by atoms with Crippen molar-refractivity contribution in [2.75, 3.05) is 0 Å². The molecule has 0 fully saturated rings. The summed E-state index contributed by atoms with van der Waals surface area (Å²) in [5.74, 6) is 0. The quantitative estimate of drug-likeness (QED) is 0.212. The van der Waals surface area contributed by atoms with E-state index in [2.05, 4.69) is 226 Å². The first-order valence-electron chi connectivity index (χ1n) is 22.7. The van der Waals surface area contributed by atoms with Crippen molar-refractivity contribution in [3.63, 3.8) is 0 Å². The zero-order valence-corrected chi connectivity index (χ0v) is 55.7. The standard InChI is InChI=1S/C51H87Si7.3ClH.Ti/c1-32-29-42(52(11,12)13)39(8)49(45(32)55(20,21)22)58(48-37(6)35(4)36(5)38(48)7,50-40(9)43(53(14,15)16)30-33(2)46(50)56(23,24)25)51-41(10)44(54(17,18)19)31-34(3)47(51)57(26,27)28;;;;/h29-31H,1-28H3;3*1H;/q;;;;+3/p-3. The fourth-order valence-corrected chi connectivity index (χ4v) is 39.5. The van der Waals surface area contributed by atoms with Gasteiger partial charge >= 0.3 is 388 Å². The molecular weight excluding hydrogens is 963 g/mol. The molecule has 0 amide bonds. The van der Waals surface area contributed by atoms with Crippen molar-refractivity contribution < 1.29 is 57.7 Å². The Hall–Kier alpha value is 0.242. The molecule has 1 aliphatic rings. The van der Waals surface area contributed by atoms with Gasteiger partial charge in [-0.05, 0) is 0 Å². The smallest absolute Gasteiger partial charge is 1.00 e. The maximum Gasteiger partial charge on any atom is -1.00 e. The van der Waals surface area contributed by atoms with Gasteiger partial charge in [0.25, 0.3) is 0 Å². The summed E-state index contributed by atoms with van der Waals surface area (Å²) in [5.41, 5.74) is 16.1. The van der Waals surface area contributed by atoms with Gasteiger partial charge in [0.2, 0.25) is 0 Å². The first kappa shape index (κ1) is 60.3. The Bertz CT molecular complexity index is 2060. The van der Waals surface area contributed by atoms with Crippen LogP contribution in [0.2, 0.25) is 121 Å². The van der Waals surface area contributed by atoms with Gasteiger partial charge in [-0.3, -0.25) is 0 Å². The van der Waals surface area contributed by atoms with Crippen LogP contribution < -0.4 is 83.9 Å². The molecule has 11 heteroatoms. The largest absolute Gasteiger partial charge is 1.00 e. The average Bonchev–Trinajstić information content (AvgIpc) is 3.17. The Morgan fingerprint density at radius 1 is 0.323 bits per heavy atom. The Balaban J connectivity index is 0.00000641. The summed E-state index contributed by atoms with van der Waals surface area (Å²) in [6.45, 7) is 73.6. The van der Waals surface area contributed by atoms with Crippen LogP contribution in [0.3, 0.4) is 0 Å². The monoisotopic (exact) mass is 1050 g/mol. The van der Waals surface area contributed by atoms with E-state index in [1.54, 1.807) is 86.8 Å². The van der Waals surface area contributed by atoms with Gasteiger partial charge in [0, 0.05) is 0 Å². The van der Waals surface area contributed by atoms with E-state index in [0.29, 0.717) is 0 Å². The molecule has 0 unspecified atom stereocenters. The second-order valence-corrected chi connectivity index (χ2v) is 61.2. The van der Waals surface area contributed by atoms with Crippen molar-refractivity contribution in [2.45, 2.75) is 190 Å². The number of halogens is 3. The minimum Gasteiger partial charge on any atom is -1.00 e. The zero-order chi connectivity index (χ0) is 46.1. The third-order valence-electron chi connectivity index (χ3n) is 14.5. The predicted octanol–water partition coefficient (Wildman–Crippen LogP) is 1.22. The van der Waals surface area contributed by atoms with Crippen LogP contribution in [0.4, 0.5) is 0 Å². The number of allylic oxidation sites excluding steroid dienone is 4. The molecule has 0 nitrogen and oxygen atoms in total. The molecule has 3 aromatic rings. The van der Waals surface area contributed by atoms with Crippen LogP contribution in [0.15, 0.2) is 40.5 Å². The molecule has 0 radical (unpaired) electrons. The van der Waals surface area contributed by atoms with Crippen molar-refractivity contribution >= 4 is 103 Å². The van der Waals surface area contributed by atoms with Crippen molar-refractivity contribution in [1.82, 2.24) is 0 Å². The Kier molecular flexibility index (Phi) is 18.4. The van der Waals surface area contributed by atoms with Gasteiger partial charge < -0.3 is 37.2 Å². The predicted molar refractivity (Wildman–Crippen MR) is 290 cm³/mol. The Morgan fingerprint density at radius 2 is 0.516 bits per heavy atom. The maximum absolute atomic E-state index is 3.29. The summed E-state index contributed by atoms with van der Waals surface area (Å²) in [6.07, 6.45) is 0. The maximum atomic E-state index is 2.84. The molecule has 1 aliphatic carbocycles. The van der Waals surface area contributed by atoms with Gasteiger partial charge in [-0.25, -0.2) is 0 Å². The van der Waals surface area contributed by atoms with Crippen LogP contribution in [0.5, 0.6) is 0 Å². The summed E-state index contributed by atoms with van der Waals surface area (Å²) < 4.78 is -0.182. The third-order valence-corrected chi connectivity index (χ3v) is 37.0. The summed E-state index contributed by atoms with van der Waals surface area (Å²) in [4.78, 5) is 0. The summed E-state index contributed by atoms with van der Waals surface area (Å²) in [6, 6.07) is 8.17. The average molecular weight is 1050 g/mol. The molecule has 3 aromatic carbocycles. The second-order valence-electron chi connectivity index (χ2n) is 25.3. The normalized spacial score (nSPS) is 15.5. The second kappa shape index (κ2) is 19.0. The topological polar surface area (TPSA) is 0 Å². The molecule has 0 saturated carbocycles. The minimum absolute atomic E-state index is 0. The number of benzene rings is 3. The van der Waals surface area contributed by atoms with Crippen molar-refractivity contribution in [2.24, 2.45) is 0 Å². The number of rotatable bonds is 10. The number of hydrogen-bond acceptors (Lipinski definition) is 0. The van der Waals surface area contributed by atoms with Gasteiger partial charge in [0.05, 0.1) is 0 Å². The van der Waals surface area contributed by atoms with E-state index in [0.717, 1.165) is 0 Å². The van der Waals surface area contributed by atoms with E-state index in [9.17, 15) is 0 Å². The van der Waals surface area contributed by atoms with Crippen molar-refractivity contribution in [3.8, 4) is 0 Å². The van der Waals surface area contributed by atoms with Crippen LogP contribution in [-0.4, -0.2) is 56.5 Å². The van der Waals surface area contributed by atoms with Gasteiger partial charge in [0.1, 0.15) is 0 Å². The van der Waals surface area contributed by atoms with E-state index in [1.807, 2.05) is 15.6 Å². The molecular formula is C51H87Cl3Si7Ti. The van der Waals surface area contributed by atoms with Crippen molar-refractivity contribution in [3.05, 3.63) is 73.9 Å². The molecule has 0 spiro atoms. The van der Waals surface area contributed by atoms with Crippen LogP contribution >= 0.6 is 0 Å². The SMILES string of the molecule is CC1=C(C)[C]([Ti+3])([Si](c2c(C)c([Si](C)(C)C)cc(C)c2[Si](C)(C)C)(c2c(C)c([Si](C)(C)C)cc(C)c2[Si](C)(C)C)c2c(C)c([Si](C)(C)C)cc(C)c2[Si](C)(C)C)C(C)=C1C.[Cl-].[Cl-].[Cl-]. The van der Waals surface area contributed by atoms with E-state index in [-0.39, 0.29) is 40.6 Å².